The van der Waals surface area contributed by atoms with Crippen molar-refractivity contribution < 1.29 is 14.3 Å². The van der Waals surface area contributed by atoms with Crippen LogP contribution >= 0.6 is 0 Å². The molecule has 1 aromatic carbocycles. The fraction of sp³-hybridized carbons (Fsp3) is 0.211. The van der Waals surface area contributed by atoms with Crippen LogP contribution in [0, 0.1) is 18.3 Å². The van der Waals surface area contributed by atoms with E-state index >= 15 is 0 Å². The first-order chi connectivity index (χ1) is 12.0. The largest absolute Gasteiger partial charge is 0.493 e. The molecule has 126 valence electrons. The molecular weight excluding hydrogens is 318 g/mol. The minimum Gasteiger partial charge on any atom is -0.493 e. The summed E-state index contributed by atoms with van der Waals surface area (Å²) in [6.45, 7) is 4.26. The normalized spacial score (nSPS) is 15.0. The summed E-state index contributed by atoms with van der Waals surface area (Å²) in [5.41, 5.74) is 2.97. The molecule has 2 aromatic rings. The molecule has 1 aliphatic heterocycles. The Hall–Kier alpha value is -3.33. The monoisotopic (exact) mass is 335 g/mol. The second kappa shape index (κ2) is 6.65. The highest BCUT2D eigenvalue weighted by atomic mass is 16.6. The van der Waals surface area contributed by atoms with Crippen molar-refractivity contribution in [2.45, 2.75) is 13.8 Å². The Kier molecular flexibility index (Phi) is 4.40. The number of hydrogen-bond acceptors (Lipinski definition) is 5. The van der Waals surface area contributed by atoms with E-state index in [0.717, 1.165) is 11.3 Å². The van der Waals surface area contributed by atoms with Crippen LogP contribution in [-0.4, -0.2) is 23.0 Å². The molecule has 0 bridgehead atoms. The third-order valence-electron chi connectivity index (χ3n) is 4.02. The van der Waals surface area contributed by atoms with Crippen molar-refractivity contribution in [2.75, 3.05) is 6.61 Å². The minimum absolute atomic E-state index is 0.194. The minimum atomic E-state index is -0.525. The summed E-state index contributed by atoms with van der Waals surface area (Å²) in [6, 6.07) is 11.1. The summed E-state index contributed by atoms with van der Waals surface area (Å²) in [7, 11) is 1.80. The lowest BCUT2D eigenvalue weighted by molar-refractivity contribution is -0.129. The molecular formula is C19H17N3O3. The van der Waals surface area contributed by atoms with E-state index in [2.05, 4.69) is 11.1 Å². The van der Waals surface area contributed by atoms with Gasteiger partial charge in [-0.15, -0.1) is 0 Å². The van der Waals surface area contributed by atoms with Crippen molar-refractivity contribution >= 4 is 17.9 Å². The maximum absolute atomic E-state index is 12.2. The third kappa shape index (κ3) is 3.04. The number of ether oxygens (including phenoxy) is 2. The first-order valence-electron chi connectivity index (χ1n) is 7.86. The van der Waals surface area contributed by atoms with Gasteiger partial charge in [0.1, 0.15) is 17.5 Å². The third-order valence-corrected chi connectivity index (χ3v) is 4.02. The van der Waals surface area contributed by atoms with Gasteiger partial charge in [0.25, 0.3) is 0 Å². The lowest BCUT2D eigenvalue weighted by Crippen LogP contribution is -2.07. The van der Waals surface area contributed by atoms with E-state index in [-0.39, 0.29) is 11.6 Å². The fourth-order valence-electron chi connectivity index (χ4n) is 2.57. The number of esters is 1. The van der Waals surface area contributed by atoms with Gasteiger partial charge in [0.2, 0.25) is 5.90 Å². The number of hydrogen-bond donors (Lipinski definition) is 0. The van der Waals surface area contributed by atoms with E-state index in [4.69, 9.17) is 14.7 Å². The zero-order chi connectivity index (χ0) is 18.0. The summed E-state index contributed by atoms with van der Waals surface area (Å²) in [5, 5.41) is 9.12. The molecule has 0 unspecified atom stereocenters. The summed E-state index contributed by atoms with van der Waals surface area (Å²) < 4.78 is 12.6. The van der Waals surface area contributed by atoms with Crippen LogP contribution in [0.3, 0.4) is 0 Å². The predicted molar refractivity (Wildman–Crippen MR) is 93.1 cm³/mol. The molecule has 0 amide bonds. The Morgan fingerprint density at radius 3 is 2.84 bits per heavy atom. The number of para-hydroxylation sites is 1. The fourth-order valence-corrected chi connectivity index (χ4v) is 2.57. The molecule has 0 atom stereocenters. The lowest BCUT2D eigenvalue weighted by atomic mass is 10.2. The van der Waals surface area contributed by atoms with Gasteiger partial charge in [0.15, 0.2) is 5.70 Å². The SMILES string of the molecule is CCOc1ccccc1C1=NC(=Cc2cc(C#N)n(C)c2C)C(=O)O1. The standard InChI is InChI=1S/C19H17N3O3/c1-4-24-17-8-6-5-7-15(17)18-21-16(19(23)25-18)10-13-9-14(11-20)22(3)12(13)2/h5-10H,4H2,1-3H3. The molecule has 0 aliphatic carbocycles. The highest BCUT2D eigenvalue weighted by molar-refractivity contribution is 6.13. The summed E-state index contributed by atoms with van der Waals surface area (Å²) in [5.74, 6) is 0.304. The topological polar surface area (TPSA) is 76.6 Å². The molecule has 3 rings (SSSR count). The Labute approximate surface area is 145 Å². The van der Waals surface area contributed by atoms with Crippen LogP contribution in [0.2, 0.25) is 0 Å². The molecule has 0 radical (unpaired) electrons. The average molecular weight is 335 g/mol. The molecule has 0 saturated carbocycles. The number of aromatic nitrogens is 1. The van der Waals surface area contributed by atoms with Crippen LogP contribution < -0.4 is 4.74 Å². The van der Waals surface area contributed by atoms with Gasteiger partial charge in [-0.25, -0.2) is 9.79 Å². The predicted octanol–water partition coefficient (Wildman–Crippen LogP) is 2.95. The molecule has 1 aromatic heterocycles. The van der Waals surface area contributed by atoms with Crippen molar-refractivity contribution in [3.05, 3.63) is 58.5 Å². The van der Waals surface area contributed by atoms with Crippen LogP contribution in [0.4, 0.5) is 0 Å². The molecule has 6 nitrogen and oxygen atoms in total. The van der Waals surface area contributed by atoms with E-state index < -0.39 is 5.97 Å². The highest BCUT2D eigenvalue weighted by Gasteiger charge is 2.26. The lowest BCUT2D eigenvalue weighted by Gasteiger charge is -2.08. The zero-order valence-corrected chi connectivity index (χ0v) is 14.2. The second-order valence-corrected chi connectivity index (χ2v) is 5.51. The Morgan fingerprint density at radius 1 is 1.40 bits per heavy atom. The van der Waals surface area contributed by atoms with Gasteiger partial charge in [0, 0.05) is 12.7 Å². The average Bonchev–Trinajstić information content (AvgIpc) is 3.10. The van der Waals surface area contributed by atoms with E-state index in [1.807, 2.05) is 26.0 Å². The van der Waals surface area contributed by atoms with Crippen molar-refractivity contribution in [3.8, 4) is 11.8 Å². The van der Waals surface area contributed by atoms with Gasteiger partial charge in [0.05, 0.1) is 12.2 Å². The number of nitriles is 1. The number of aliphatic imine (C=N–C) groups is 1. The smallest absolute Gasteiger partial charge is 0.363 e. The second-order valence-electron chi connectivity index (χ2n) is 5.51. The molecule has 25 heavy (non-hydrogen) atoms. The molecule has 0 spiro atoms. The van der Waals surface area contributed by atoms with Crippen molar-refractivity contribution in [1.82, 2.24) is 4.57 Å². The molecule has 1 aliphatic rings. The van der Waals surface area contributed by atoms with Crippen molar-refractivity contribution in [1.29, 1.82) is 5.26 Å². The van der Waals surface area contributed by atoms with Crippen LogP contribution in [0.1, 0.15) is 29.4 Å². The van der Waals surface area contributed by atoms with Gasteiger partial charge in [-0.1, -0.05) is 12.1 Å². The summed E-state index contributed by atoms with van der Waals surface area (Å²) in [6.07, 6.45) is 1.63. The molecule has 6 heteroatoms. The van der Waals surface area contributed by atoms with Crippen LogP contribution in [0.15, 0.2) is 41.0 Å². The van der Waals surface area contributed by atoms with Gasteiger partial charge in [-0.05, 0) is 43.7 Å². The van der Waals surface area contributed by atoms with Crippen LogP contribution in [0.5, 0.6) is 5.75 Å². The number of nitrogens with zero attached hydrogens (tertiary/aromatic N) is 3. The van der Waals surface area contributed by atoms with E-state index in [1.165, 1.54) is 0 Å². The Bertz CT molecular complexity index is 945. The number of benzene rings is 1. The molecule has 0 saturated heterocycles. The van der Waals surface area contributed by atoms with Crippen LogP contribution in [-0.2, 0) is 16.6 Å². The van der Waals surface area contributed by atoms with Crippen LogP contribution in [0.25, 0.3) is 6.08 Å². The first-order valence-corrected chi connectivity index (χ1v) is 7.86. The first kappa shape index (κ1) is 16.5. The highest BCUT2D eigenvalue weighted by Crippen LogP contribution is 2.26. The quantitative estimate of drug-likeness (QED) is 0.636. The number of carbonyl (C=O) groups excluding carboxylic acids is 1. The van der Waals surface area contributed by atoms with E-state index in [9.17, 15) is 4.79 Å². The van der Waals surface area contributed by atoms with E-state index in [1.54, 1.807) is 35.9 Å². The van der Waals surface area contributed by atoms with Crippen molar-refractivity contribution in [3.63, 3.8) is 0 Å². The number of rotatable bonds is 4. The molecule has 2 heterocycles. The Morgan fingerprint density at radius 2 is 2.16 bits per heavy atom. The number of cyclic esters (lactones) is 1. The van der Waals surface area contributed by atoms with Gasteiger partial charge in [-0.2, -0.15) is 5.26 Å². The van der Waals surface area contributed by atoms with E-state index in [0.29, 0.717) is 23.6 Å². The van der Waals surface area contributed by atoms with Gasteiger partial charge >= 0.3 is 5.97 Å². The maximum Gasteiger partial charge on any atom is 0.363 e. The zero-order valence-electron chi connectivity index (χ0n) is 14.2. The van der Waals surface area contributed by atoms with Crippen molar-refractivity contribution in [2.24, 2.45) is 12.0 Å². The summed E-state index contributed by atoms with van der Waals surface area (Å²) >= 11 is 0. The van der Waals surface area contributed by atoms with Gasteiger partial charge < -0.3 is 14.0 Å². The molecule has 0 N–H and O–H groups in total. The number of carbonyl (C=O) groups is 1. The maximum atomic E-state index is 12.2. The van der Waals surface area contributed by atoms with Gasteiger partial charge in [-0.3, -0.25) is 0 Å². The summed E-state index contributed by atoms with van der Waals surface area (Å²) in [4.78, 5) is 16.5. The Balaban J connectivity index is 2.00. The molecule has 0 fully saturated rings.